The molecule has 6 nitrogen and oxygen atoms in total. The zero-order valence-electron chi connectivity index (χ0n) is 14.1. The molecule has 0 unspecified atom stereocenters. The third-order valence-electron chi connectivity index (χ3n) is 4.90. The maximum absolute atomic E-state index is 12.1. The minimum absolute atomic E-state index is 0. The molecule has 0 bridgehead atoms. The smallest absolute Gasteiger partial charge is 0.229 e. The van der Waals surface area contributed by atoms with Crippen LogP contribution in [-0.2, 0) is 20.9 Å². The quantitative estimate of drug-likeness (QED) is 0.782. The van der Waals surface area contributed by atoms with Crippen LogP contribution in [0.4, 0.5) is 5.69 Å². The Labute approximate surface area is 153 Å². The van der Waals surface area contributed by atoms with Crippen LogP contribution < -0.4 is 11.1 Å². The number of nitrogens with one attached hydrogen (secondary N) is 1. The Kier molecular flexibility index (Phi) is 6.56. The van der Waals surface area contributed by atoms with Gasteiger partial charge in [-0.3, -0.25) is 19.3 Å². The van der Waals surface area contributed by atoms with Gasteiger partial charge in [0.15, 0.2) is 0 Å². The molecule has 1 aromatic rings. The Balaban J connectivity index is 0.00000225. The van der Waals surface area contributed by atoms with Crippen molar-refractivity contribution >= 4 is 35.8 Å². The first-order valence-corrected chi connectivity index (χ1v) is 8.50. The number of anilines is 1. The number of carbonyl (C=O) groups is 3. The Morgan fingerprint density at radius 3 is 2.32 bits per heavy atom. The lowest BCUT2D eigenvalue weighted by molar-refractivity contribution is -0.139. The second kappa shape index (κ2) is 8.45. The highest BCUT2D eigenvalue weighted by molar-refractivity contribution is 6.01. The zero-order valence-corrected chi connectivity index (χ0v) is 14.9. The van der Waals surface area contributed by atoms with E-state index in [4.69, 9.17) is 5.73 Å². The summed E-state index contributed by atoms with van der Waals surface area (Å²) in [4.78, 5) is 36.6. The van der Waals surface area contributed by atoms with Crippen molar-refractivity contribution < 1.29 is 14.4 Å². The summed E-state index contributed by atoms with van der Waals surface area (Å²) in [6.45, 7) is 0.294. The lowest BCUT2D eigenvalue weighted by atomic mass is 10.00. The van der Waals surface area contributed by atoms with E-state index in [2.05, 4.69) is 5.32 Å². The average Bonchev–Trinajstić information content (AvgIpc) is 3.09. The number of halogens is 1. The van der Waals surface area contributed by atoms with Crippen molar-refractivity contribution in [2.45, 2.75) is 51.1 Å². The van der Waals surface area contributed by atoms with Gasteiger partial charge >= 0.3 is 0 Å². The summed E-state index contributed by atoms with van der Waals surface area (Å²) in [5.74, 6) is 0.0158. The Hall–Kier alpha value is -1.92. The molecule has 1 aliphatic heterocycles. The van der Waals surface area contributed by atoms with E-state index in [9.17, 15) is 14.4 Å². The fourth-order valence-electron chi connectivity index (χ4n) is 3.44. The van der Waals surface area contributed by atoms with Crippen LogP contribution in [-0.4, -0.2) is 28.7 Å². The summed E-state index contributed by atoms with van der Waals surface area (Å²) in [5, 5.41) is 2.89. The van der Waals surface area contributed by atoms with Gasteiger partial charge in [0.05, 0.1) is 6.54 Å². The van der Waals surface area contributed by atoms with Gasteiger partial charge in [-0.2, -0.15) is 0 Å². The van der Waals surface area contributed by atoms with Gasteiger partial charge in [-0.1, -0.05) is 18.6 Å². The standard InChI is InChI=1S/C18H23N3O3.ClH/c19-15-3-1-2-13(15)10-16(22)20-14-6-4-12(5-7-14)11-21-17(23)8-9-18(21)24;/h4-7,13,15H,1-3,8-11,19H2,(H,20,22);1H/t13-,15+;/m0./s1. The maximum atomic E-state index is 12.1. The molecular formula is C18H24ClN3O3. The van der Waals surface area contributed by atoms with Crippen LogP contribution in [0.1, 0.15) is 44.1 Å². The van der Waals surface area contributed by atoms with E-state index in [0.717, 1.165) is 30.5 Å². The summed E-state index contributed by atoms with van der Waals surface area (Å²) in [6, 6.07) is 7.39. The SMILES string of the molecule is Cl.N[C@@H]1CCC[C@H]1CC(=O)Nc1ccc(CN2C(=O)CCC2=O)cc1. The van der Waals surface area contributed by atoms with Crippen molar-refractivity contribution in [1.29, 1.82) is 0 Å². The number of nitrogens with zero attached hydrogens (tertiary/aromatic N) is 1. The van der Waals surface area contributed by atoms with Crippen molar-refractivity contribution in [2.75, 3.05) is 5.32 Å². The molecule has 1 saturated carbocycles. The van der Waals surface area contributed by atoms with E-state index in [1.54, 1.807) is 12.1 Å². The highest BCUT2D eigenvalue weighted by Gasteiger charge is 2.28. The van der Waals surface area contributed by atoms with Crippen LogP contribution in [0.5, 0.6) is 0 Å². The second-order valence-corrected chi connectivity index (χ2v) is 6.68. The Morgan fingerprint density at radius 1 is 1.12 bits per heavy atom. The number of likely N-dealkylation sites (tertiary alicyclic amines) is 1. The van der Waals surface area contributed by atoms with Gasteiger partial charge < -0.3 is 11.1 Å². The molecule has 0 radical (unpaired) electrons. The number of hydrogen-bond donors (Lipinski definition) is 2. The van der Waals surface area contributed by atoms with E-state index < -0.39 is 0 Å². The summed E-state index contributed by atoms with van der Waals surface area (Å²) in [6.07, 6.45) is 4.18. The largest absolute Gasteiger partial charge is 0.327 e. The van der Waals surface area contributed by atoms with Crippen LogP contribution in [0, 0.1) is 5.92 Å². The predicted molar refractivity (Wildman–Crippen MR) is 97.0 cm³/mol. The normalized spacial score (nSPS) is 22.8. The Morgan fingerprint density at radius 2 is 1.76 bits per heavy atom. The molecule has 3 rings (SSSR count). The van der Waals surface area contributed by atoms with E-state index in [-0.39, 0.29) is 42.1 Å². The average molecular weight is 366 g/mol. The third-order valence-corrected chi connectivity index (χ3v) is 4.90. The number of amides is 3. The molecule has 3 N–H and O–H groups in total. The van der Waals surface area contributed by atoms with E-state index in [1.807, 2.05) is 12.1 Å². The fraction of sp³-hybridized carbons (Fsp3) is 0.500. The first-order valence-electron chi connectivity index (χ1n) is 8.50. The zero-order chi connectivity index (χ0) is 17.1. The predicted octanol–water partition coefficient (Wildman–Crippen LogP) is 2.21. The summed E-state index contributed by atoms with van der Waals surface area (Å²) in [5.41, 5.74) is 7.59. The number of nitrogens with two attached hydrogens (primary N) is 1. The molecule has 3 amide bonds. The van der Waals surface area contributed by atoms with E-state index in [1.165, 1.54) is 4.90 Å². The molecule has 1 aromatic carbocycles. The molecule has 0 aromatic heterocycles. The van der Waals surface area contributed by atoms with Gasteiger partial charge in [0, 0.05) is 31.0 Å². The first kappa shape index (κ1) is 19.4. The van der Waals surface area contributed by atoms with Crippen molar-refractivity contribution in [3.63, 3.8) is 0 Å². The monoisotopic (exact) mass is 365 g/mol. The van der Waals surface area contributed by atoms with Crippen LogP contribution in [0.3, 0.4) is 0 Å². The topological polar surface area (TPSA) is 92.5 Å². The van der Waals surface area contributed by atoms with Crippen LogP contribution >= 0.6 is 12.4 Å². The minimum atomic E-state index is -0.120. The van der Waals surface area contributed by atoms with Gasteiger partial charge in [-0.15, -0.1) is 12.4 Å². The molecule has 1 saturated heterocycles. The molecule has 25 heavy (non-hydrogen) atoms. The minimum Gasteiger partial charge on any atom is -0.327 e. The van der Waals surface area contributed by atoms with Crippen LogP contribution in [0.25, 0.3) is 0 Å². The molecule has 7 heteroatoms. The number of rotatable bonds is 5. The Bertz CT molecular complexity index is 631. The third kappa shape index (κ3) is 4.80. The fourth-order valence-corrected chi connectivity index (χ4v) is 3.44. The summed E-state index contributed by atoms with van der Waals surface area (Å²) < 4.78 is 0. The molecule has 2 atom stereocenters. The molecule has 2 fully saturated rings. The van der Waals surface area contributed by atoms with Gasteiger partial charge in [0.2, 0.25) is 17.7 Å². The molecule has 2 aliphatic rings. The maximum Gasteiger partial charge on any atom is 0.229 e. The van der Waals surface area contributed by atoms with Crippen LogP contribution in [0.2, 0.25) is 0 Å². The molecule has 136 valence electrons. The van der Waals surface area contributed by atoms with Gasteiger partial charge in [-0.05, 0) is 36.5 Å². The first-order chi connectivity index (χ1) is 11.5. The van der Waals surface area contributed by atoms with Gasteiger partial charge in [-0.25, -0.2) is 0 Å². The summed E-state index contributed by atoms with van der Waals surface area (Å²) in [7, 11) is 0. The molecule has 1 heterocycles. The molecular weight excluding hydrogens is 342 g/mol. The molecule has 0 spiro atoms. The van der Waals surface area contributed by atoms with Crippen molar-refractivity contribution in [3.8, 4) is 0 Å². The van der Waals surface area contributed by atoms with Crippen molar-refractivity contribution in [1.82, 2.24) is 4.90 Å². The lowest BCUT2D eigenvalue weighted by Gasteiger charge is -2.16. The number of benzene rings is 1. The highest BCUT2D eigenvalue weighted by atomic mass is 35.5. The van der Waals surface area contributed by atoms with Crippen molar-refractivity contribution in [2.24, 2.45) is 11.7 Å². The summed E-state index contributed by atoms with van der Waals surface area (Å²) >= 11 is 0. The molecule has 1 aliphatic carbocycles. The highest BCUT2D eigenvalue weighted by Crippen LogP contribution is 2.27. The number of carbonyl (C=O) groups excluding carboxylic acids is 3. The van der Waals surface area contributed by atoms with E-state index >= 15 is 0 Å². The van der Waals surface area contributed by atoms with Gasteiger partial charge in [0.1, 0.15) is 0 Å². The van der Waals surface area contributed by atoms with Gasteiger partial charge in [0.25, 0.3) is 0 Å². The van der Waals surface area contributed by atoms with E-state index in [0.29, 0.717) is 25.8 Å². The van der Waals surface area contributed by atoms with Crippen LogP contribution in [0.15, 0.2) is 24.3 Å². The number of imide groups is 1. The second-order valence-electron chi connectivity index (χ2n) is 6.68. The number of hydrogen-bond acceptors (Lipinski definition) is 4. The lowest BCUT2D eigenvalue weighted by Crippen LogP contribution is -2.28. The van der Waals surface area contributed by atoms with Crippen molar-refractivity contribution in [3.05, 3.63) is 29.8 Å².